The summed E-state index contributed by atoms with van der Waals surface area (Å²) >= 11 is 0. The van der Waals surface area contributed by atoms with Gasteiger partial charge in [-0.2, -0.15) is 0 Å². The average Bonchev–Trinajstić information content (AvgIpc) is 2.89. The third-order valence-corrected chi connectivity index (χ3v) is 4.27. The van der Waals surface area contributed by atoms with E-state index in [4.69, 9.17) is 0 Å². The van der Waals surface area contributed by atoms with Gasteiger partial charge in [0.25, 0.3) is 0 Å². The van der Waals surface area contributed by atoms with E-state index in [-0.39, 0.29) is 0 Å². The van der Waals surface area contributed by atoms with Gasteiger partial charge in [-0.15, -0.1) is 0 Å². The van der Waals surface area contributed by atoms with Crippen LogP contribution in [0.25, 0.3) is 0 Å². The molecule has 106 valence electrons. The van der Waals surface area contributed by atoms with Gasteiger partial charge in [0.15, 0.2) is 0 Å². The van der Waals surface area contributed by atoms with Crippen LogP contribution >= 0.6 is 0 Å². The maximum absolute atomic E-state index is 9.18. The van der Waals surface area contributed by atoms with Gasteiger partial charge in [-0.05, 0) is 56.9 Å². The van der Waals surface area contributed by atoms with E-state index in [0.29, 0.717) is 18.6 Å². The number of aliphatic hydroxyl groups excluding tert-OH is 1. The SMILES string of the molecule is CNC(CCN1CCC(CO)C1)c1ccccc1C. The molecule has 0 aromatic heterocycles. The molecule has 1 aliphatic rings. The predicted molar refractivity (Wildman–Crippen MR) is 79.2 cm³/mol. The molecular formula is C16H26N2O. The molecule has 2 rings (SSSR count). The Bertz CT molecular complexity index is 394. The second-order valence-corrected chi connectivity index (χ2v) is 5.62. The largest absolute Gasteiger partial charge is 0.396 e. The first-order valence-corrected chi connectivity index (χ1v) is 7.30. The molecule has 1 aromatic carbocycles. The summed E-state index contributed by atoms with van der Waals surface area (Å²) in [6.07, 6.45) is 2.27. The number of aryl methyl sites for hydroxylation is 1. The van der Waals surface area contributed by atoms with Crippen LogP contribution < -0.4 is 5.32 Å². The van der Waals surface area contributed by atoms with Gasteiger partial charge in [0.05, 0.1) is 0 Å². The highest BCUT2D eigenvalue weighted by Gasteiger charge is 2.22. The molecule has 0 saturated carbocycles. The summed E-state index contributed by atoms with van der Waals surface area (Å²) in [7, 11) is 2.04. The Kier molecular flexibility index (Phi) is 5.37. The predicted octanol–water partition coefficient (Wildman–Crippen LogP) is 1.96. The minimum atomic E-state index is 0.337. The Morgan fingerprint density at radius 2 is 2.21 bits per heavy atom. The maximum atomic E-state index is 9.18. The molecule has 1 saturated heterocycles. The quantitative estimate of drug-likeness (QED) is 0.822. The zero-order chi connectivity index (χ0) is 13.7. The third-order valence-electron chi connectivity index (χ3n) is 4.27. The number of hydrogen-bond acceptors (Lipinski definition) is 3. The molecule has 1 fully saturated rings. The standard InChI is InChI=1S/C16H26N2O/c1-13-5-3-4-6-15(13)16(17-2)8-10-18-9-7-14(11-18)12-19/h3-6,14,16-17,19H,7-12H2,1-2H3. The Balaban J connectivity index is 1.88. The van der Waals surface area contributed by atoms with E-state index in [1.165, 1.54) is 11.1 Å². The smallest absolute Gasteiger partial charge is 0.0471 e. The summed E-state index contributed by atoms with van der Waals surface area (Å²) in [6.45, 7) is 5.81. The summed E-state index contributed by atoms with van der Waals surface area (Å²) in [6, 6.07) is 9.03. The molecule has 2 atom stereocenters. The van der Waals surface area contributed by atoms with Gasteiger partial charge in [0.2, 0.25) is 0 Å². The van der Waals surface area contributed by atoms with Crippen molar-refractivity contribution in [3.63, 3.8) is 0 Å². The maximum Gasteiger partial charge on any atom is 0.0471 e. The molecule has 19 heavy (non-hydrogen) atoms. The molecule has 0 bridgehead atoms. The monoisotopic (exact) mass is 262 g/mol. The van der Waals surface area contributed by atoms with Crippen LogP contribution in [0.3, 0.4) is 0 Å². The number of rotatable bonds is 6. The van der Waals surface area contributed by atoms with Crippen molar-refractivity contribution in [2.24, 2.45) is 5.92 Å². The molecule has 3 nitrogen and oxygen atoms in total. The van der Waals surface area contributed by atoms with E-state index in [0.717, 1.165) is 32.5 Å². The first-order chi connectivity index (χ1) is 9.24. The van der Waals surface area contributed by atoms with Crippen LogP contribution in [-0.2, 0) is 0 Å². The lowest BCUT2D eigenvalue weighted by Crippen LogP contribution is -2.27. The lowest BCUT2D eigenvalue weighted by Gasteiger charge is -2.22. The summed E-state index contributed by atoms with van der Waals surface area (Å²) < 4.78 is 0. The van der Waals surface area contributed by atoms with Crippen molar-refractivity contribution in [3.05, 3.63) is 35.4 Å². The van der Waals surface area contributed by atoms with Crippen LogP contribution in [0.5, 0.6) is 0 Å². The number of aliphatic hydroxyl groups is 1. The van der Waals surface area contributed by atoms with E-state index < -0.39 is 0 Å². The van der Waals surface area contributed by atoms with Gasteiger partial charge < -0.3 is 15.3 Å². The molecule has 0 spiro atoms. The molecule has 2 N–H and O–H groups in total. The zero-order valence-corrected chi connectivity index (χ0v) is 12.1. The molecule has 1 heterocycles. The molecule has 3 heteroatoms. The lowest BCUT2D eigenvalue weighted by molar-refractivity contribution is 0.219. The molecule has 1 aromatic rings. The summed E-state index contributed by atoms with van der Waals surface area (Å²) in [5.41, 5.74) is 2.76. The molecule has 0 amide bonds. The van der Waals surface area contributed by atoms with E-state index in [2.05, 4.69) is 41.4 Å². The molecule has 1 aliphatic heterocycles. The molecule has 2 unspecified atom stereocenters. The second-order valence-electron chi connectivity index (χ2n) is 5.62. The van der Waals surface area contributed by atoms with Crippen LogP contribution in [0, 0.1) is 12.8 Å². The lowest BCUT2D eigenvalue weighted by atomic mass is 9.99. The fraction of sp³-hybridized carbons (Fsp3) is 0.625. The highest BCUT2D eigenvalue weighted by atomic mass is 16.3. The Morgan fingerprint density at radius 1 is 1.42 bits per heavy atom. The van der Waals surface area contributed by atoms with Crippen molar-refractivity contribution < 1.29 is 5.11 Å². The van der Waals surface area contributed by atoms with Crippen molar-refractivity contribution in [2.45, 2.75) is 25.8 Å². The van der Waals surface area contributed by atoms with Crippen LogP contribution in [0.2, 0.25) is 0 Å². The Morgan fingerprint density at radius 3 is 2.84 bits per heavy atom. The number of nitrogens with one attached hydrogen (secondary N) is 1. The second kappa shape index (κ2) is 7.04. The van der Waals surface area contributed by atoms with Crippen LogP contribution in [-0.4, -0.2) is 43.3 Å². The van der Waals surface area contributed by atoms with E-state index in [1.807, 2.05) is 7.05 Å². The number of hydrogen-bond donors (Lipinski definition) is 2. The minimum Gasteiger partial charge on any atom is -0.396 e. The highest BCUT2D eigenvalue weighted by molar-refractivity contribution is 5.28. The topological polar surface area (TPSA) is 35.5 Å². The molecule has 0 radical (unpaired) electrons. The van der Waals surface area contributed by atoms with Crippen molar-refractivity contribution in [2.75, 3.05) is 33.3 Å². The first-order valence-electron chi connectivity index (χ1n) is 7.30. The van der Waals surface area contributed by atoms with Crippen molar-refractivity contribution in [1.29, 1.82) is 0 Å². The van der Waals surface area contributed by atoms with Gasteiger partial charge in [-0.25, -0.2) is 0 Å². The van der Waals surface area contributed by atoms with Crippen molar-refractivity contribution in [3.8, 4) is 0 Å². The Hall–Kier alpha value is -0.900. The van der Waals surface area contributed by atoms with Crippen LogP contribution in [0.4, 0.5) is 0 Å². The summed E-state index contributed by atoms with van der Waals surface area (Å²) in [5.74, 6) is 0.492. The summed E-state index contributed by atoms with van der Waals surface area (Å²) in [5, 5.41) is 12.6. The molecule has 0 aliphatic carbocycles. The number of nitrogens with zero attached hydrogens (tertiary/aromatic N) is 1. The Labute approximate surface area is 116 Å². The number of likely N-dealkylation sites (tertiary alicyclic amines) is 1. The zero-order valence-electron chi connectivity index (χ0n) is 12.1. The highest BCUT2D eigenvalue weighted by Crippen LogP contribution is 2.22. The van der Waals surface area contributed by atoms with Gasteiger partial charge >= 0.3 is 0 Å². The van der Waals surface area contributed by atoms with Gasteiger partial charge in [-0.3, -0.25) is 0 Å². The van der Waals surface area contributed by atoms with Gasteiger partial charge in [0, 0.05) is 19.2 Å². The van der Waals surface area contributed by atoms with Crippen molar-refractivity contribution >= 4 is 0 Å². The van der Waals surface area contributed by atoms with E-state index in [1.54, 1.807) is 0 Å². The van der Waals surface area contributed by atoms with Gasteiger partial charge in [0.1, 0.15) is 0 Å². The van der Waals surface area contributed by atoms with Crippen LogP contribution in [0.15, 0.2) is 24.3 Å². The average molecular weight is 262 g/mol. The fourth-order valence-corrected chi connectivity index (χ4v) is 3.01. The summed E-state index contributed by atoms with van der Waals surface area (Å²) in [4.78, 5) is 2.48. The van der Waals surface area contributed by atoms with Crippen LogP contribution in [0.1, 0.15) is 30.0 Å². The fourth-order valence-electron chi connectivity index (χ4n) is 3.01. The first kappa shape index (κ1) is 14.5. The molecular weight excluding hydrogens is 236 g/mol. The normalized spacial score (nSPS) is 21.7. The number of benzene rings is 1. The van der Waals surface area contributed by atoms with E-state index in [9.17, 15) is 5.11 Å². The third kappa shape index (κ3) is 3.78. The minimum absolute atomic E-state index is 0.337. The van der Waals surface area contributed by atoms with Gasteiger partial charge in [-0.1, -0.05) is 24.3 Å². The van der Waals surface area contributed by atoms with E-state index >= 15 is 0 Å². The van der Waals surface area contributed by atoms with Crippen molar-refractivity contribution in [1.82, 2.24) is 10.2 Å².